The molecular formula is C20H28N2O2S. The molecule has 0 N–H and O–H groups in total. The fourth-order valence-electron chi connectivity index (χ4n) is 3.86. The first kappa shape index (κ1) is 18.3. The molecule has 1 saturated heterocycles. The molecule has 5 heteroatoms. The summed E-state index contributed by atoms with van der Waals surface area (Å²) >= 11 is 1.68. The Morgan fingerprint density at radius 1 is 0.880 bits per heavy atom. The van der Waals surface area contributed by atoms with Crippen LogP contribution in [0.3, 0.4) is 0 Å². The third-order valence-electron chi connectivity index (χ3n) is 5.39. The lowest BCUT2D eigenvalue weighted by Crippen LogP contribution is -2.40. The quantitative estimate of drug-likeness (QED) is 0.773. The normalized spacial score (nSPS) is 19.6. The van der Waals surface area contributed by atoms with E-state index >= 15 is 0 Å². The summed E-state index contributed by atoms with van der Waals surface area (Å²) in [6, 6.07) is 7.80. The van der Waals surface area contributed by atoms with Gasteiger partial charge in [0.2, 0.25) is 5.91 Å². The van der Waals surface area contributed by atoms with Crippen LogP contribution in [-0.4, -0.2) is 54.0 Å². The molecule has 25 heavy (non-hydrogen) atoms. The fraction of sp³-hybridized carbons (Fsp3) is 0.600. The SMILES string of the molecule is CSc1ccc(C(=O)N2CCCN(C(=O)C3CCCCC3)CC2)cc1. The van der Waals surface area contributed by atoms with Crippen LogP contribution in [0.4, 0.5) is 0 Å². The zero-order valence-electron chi connectivity index (χ0n) is 15.1. The molecule has 1 aromatic rings. The molecule has 1 heterocycles. The van der Waals surface area contributed by atoms with Gasteiger partial charge in [-0.05, 0) is 49.8 Å². The van der Waals surface area contributed by atoms with Crippen molar-refractivity contribution < 1.29 is 9.59 Å². The topological polar surface area (TPSA) is 40.6 Å². The van der Waals surface area contributed by atoms with Crippen molar-refractivity contribution in [2.24, 2.45) is 5.92 Å². The third kappa shape index (κ3) is 4.57. The Labute approximate surface area is 154 Å². The summed E-state index contributed by atoms with van der Waals surface area (Å²) in [5.74, 6) is 0.619. The molecule has 0 bridgehead atoms. The largest absolute Gasteiger partial charge is 0.341 e. The van der Waals surface area contributed by atoms with Crippen molar-refractivity contribution >= 4 is 23.6 Å². The Kier molecular flexibility index (Phi) is 6.40. The first-order valence-electron chi connectivity index (χ1n) is 9.41. The van der Waals surface area contributed by atoms with Crippen LogP contribution in [0.15, 0.2) is 29.2 Å². The van der Waals surface area contributed by atoms with Crippen LogP contribution >= 0.6 is 11.8 Å². The monoisotopic (exact) mass is 360 g/mol. The highest BCUT2D eigenvalue weighted by atomic mass is 32.2. The van der Waals surface area contributed by atoms with E-state index in [0.717, 1.165) is 42.8 Å². The summed E-state index contributed by atoms with van der Waals surface area (Å²) in [5.41, 5.74) is 0.741. The molecule has 3 rings (SSSR count). The molecule has 2 fully saturated rings. The number of benzene rings is 1. The molecule has 0 spiro atoms. The van der Waals surface area contributed by atoms with Crippen molar-refractivity contribution in [3.63, 3.8) is 0 Å². The zero-order valence-corrected chi connectivity index (χ0v) is 15.9. The van der Waals surface area contributed by atoms with E-state index in [9.17, 15) is 9.59 Å². The molecule has 2 amide bonds. The number of amides is 2. The zero-order chi connectivity index (χ0) is 17.6. The highest BCUT2D eigenvalue weighted by molar-refractivity contribution is 7.98. The predicted molar refractivity (Wildman–Crippen MR) is 102 cm³/mol. The van der Waals surface area contributed by atoms with Crippen LogP contribution in [0.25, 0.3) is 0 Å². The molecule has 0 atom stereocenters. The van der Waals surface area contributed by atoms with Gasteiger partial charge in [0.25, 0.3) is 5.91 Å². The van der Waals surface area contributed by atoms with Gasteiger partial charge < -0.3 is 9.80 Å². The number of carbonyl (C=O) groups excluding carboxylic acids is 2. The Morgan fingerprint density at radius 2 is 1.52 bits per heavy atom. The number of hydrogen-bond acceptors (Lipinski definition) is 3. The summed E-state index contributed by atoms with van der Waals surface area (Å²) in [7, 11) is 0. The average Bonchev–Trinajstić information content (AvgIpc) is 2.94. The van der Waals surface area contributed by atoms with Gasteiger partial charge >= 0.3 is 0 Å². The minimum absolute atomic E-state index is 0.0830. The number of hydrogen-bond donors (Lipinski definition) is 0. The molecule has 136 valence electrons. The first-order valence-corrected chi connectivity index (χ1v) is 10.6. The van der Waals surface area contributed by atoms with Crippen LogP contribution in [0.1, 0.15) is 48.9 Å². The number of nitrogens with zero attached hydrogens (tertiary/aromatic N) is 2. The van der Waals surface area contributed by atoms with Gasteiger partial charge in [0.05, 0.1) is 0 Å². The van der Waals surface area contributed by atoms with E-state index in [1.807, 2.05) is 40.3 Å². The lowest BCUT2D eigenvalue weighted by atomic mass is 9.88. The van der Waals surface area contributed by atoms with Crippen molar-refractivity contribution in [1.82, 2.24) is 9.80 Å². The maximum atomic E-state index is 12.7. The van der Waals surface area contributed by atoms with Crippen molar-refractivity contribution in [3.8, 4) is 0 Å². The number of rotatable bonds is 3. The predicted octanol–water partition coefficient (Wildman–Crippen LogP) is 3.66. The number of carbonyl (C=O) groups is 2. The molecular weight excluding hydrogens is 332 g/mol. The van der Waals surface area contributed by atoms with Crippen molar-refractivity contribution in [3.05, 3.63) is 29.8 Å². The maximum Gasteiger partial charge on any atom is 0.253 e. The highest BCUT2D eigenvalue weighted by Gasteiger charge is 2.28. The summed E-state index contributed by atoms with van der Waals surface area (Å²) in [4.78, 5) is 30.6. The molecule has 0 aromatic heterocycles. The fourth-order valence-corrected chi connectivity index (χ4v) is 4.27. The van der Waals surface area contributed by atoms with Crippen LogP contribution in [0, 0.1) is 5.92 Å². The molecule has 0 unspecified atom stereocenters. The minimum Gasteiger partial charge on any atom is -0.341 e. The van der Waals surface area contributed by atoms with Crippen LogP contribution in [-0.2, 0) is 4.79 Å². The van der Waals surface area contributed by atoms with Gasteiger partial charge in [0.15, 0.2) is 0 Å². The number of thioether (sulfide) groups is 1. The lowest BCUT2D eigenvalue weighted by Gasteiger charge is -2.28. The van der Waals surface area contributed by atoms with E-state index in [4.69, 9.17) is 0 Å². The Bertz CT molecular complexity index is 596. The van der Waals surface area contributed by atoms with Crippen LogP contribution in [0.5, 0.6) is 0 Å². The smallest absolute Gasteiger partial charge is 0.253 e. The Morgan fingerprint density at radius 3 is 2.20 bits per heavy atom. The second kappa shape index (κ2) is 8.75. The summed E-state index contributed by atoms with van der Waals surface area (Å²) in [6.45, 7) is 2.83. The van der Waals surface area contributed by atoms with Crippen molar-refractivity contribution in [2.75, 3.05) is 32.4 Å². The lowest BCUT2D eigenvalue weighted by molar-refractivity contribution is -0.136. The van der Waals surface area contributed by atoms with E-state index in [0.29, 0.717) is 19.0 Å². The van der Waals surface area contributed by atoms with E-state index in [1.165, 1.54) is 19.3 Å². The second-order valence-corrected chi connectivity index (χ2v) is 7.91. The van der Waals surface area contributed by atoms with E-state index in [2.05, 4.69) is 0 Å². The molecule has 1 aliphatic heterocycles. The maximum absolute atomic E-state index is 12.7. The third-order valence-corrected chi connectivity index (χ3v) is 6.13. The van der Waals surface area contributed by atoms with E-state index in [-0.39, 0.29) is 11.8 Å². The van der Waals surface area contributed by atoms with Gasteiger partial charge in [0.1, 0.15) is 0 Å². The molecule has 1 saturated carbocycles. The van der Waals surface area contributed by atoms with Gasteiger partial charge in [-0.1, -0.05) is 19.3 Å². The molecule has 1 aliphatic carbocycles. The Balaban J connectivity index is 1.58. The average molecular weight is 361 g/mol. The van der Waals surface area contributed by atoms with E-state index in [1.54, 1.807) is 11.8 Å². The van der Waals surface area contributed by atoms with Crippen LogP contribution in [0.2, 0.25) is 0 Å². The minimum atomic E-state index is 0.0830. The van der Waals surface area contributed by atoms with Gasteiger partial charge in [0, 0.05) is 42.6 Å². The standard InChI is InChI=1S/C20H28N2O2S/c1-25-18-10-8-17(9-11-18)20(24)22-13-5-12-21(14-15-22)19(23)16-6-3-2-4-7-16/h8-11,16H,2-7,12-15H2,1H3. The van der Waals surface area contributed by atoms with Gasteiger partial charge in [-0.15, -0.1) is 11.8 Å². The Hall–Kier alpha value is -1.49. The van der Waals surface area contributed by atoms with Crippen LogP contribution < -0.4 is 0 Å². The van der Waals surface area contributed by atoms with Gasteiger partial charge in [-0.2, -0.15) is 0 Å². The van der Waals surface area contributed by atoms with E-state index < -0.39 is 0 Å². The summed E-state index contributed by atoms with van der Waals surface area (Å²) in [5, 5.41) is 0. The van der Waals surface area contributed by atoms with Gasteiger partial charge in [-0.3, -0.25) is 9.59 Å². The summed E-state index contributed by atoms with van der Waals surface area (Å²) < 4.78 is 0. The van der Waals surface area contributed by atoms with Crippen molar-refractivity contribution in [2.45, 2.75) is 43.4 Å². The molecule has 2 aliphatic rings. The highest BCUT2D eigenvalue weighted by Crippen LogP contribution is 2.26. The summed E-state index contributed by atoms with van der Waals surface area (Å²) in [6.07, 6.45) is 8.61. The first-order chi connectivity index (χ1) is 12.2. The molecule has 4 nitrogen and oxygen atoms in total. The van der Waals surface area contributed by atoms with Crippen molar-refractivity contribution in [1.29, 1.82) is 0 Å². The molecule has 1 aromatic carbocycles. The van der Waals surface area contributed by atoms with Gasteiger partial charge in [-0.25, -0.2) is 0 Å². The second-order valence-electron chi connectivity index (χ2n) is 7.03. The molecule has 0 radical (unpaired) electrons.